The lowest BCUT2D eigenvalue weighted by Crippen LogP contribution is -2.07. The minimum absolute atomic E-state index is 0.220. The first-order valence-electron chi connectivity index (χ1n) is 9.83. The van der Waals surface area contributed by atoms with Crippen molar-refractivity contribution in [2.24, 2.45) is 0 Å². The molecule has 0 aliphatic rings. The van der Waals surface area contributed by atoms with Crippen LogP contribution in [0, 0.1) is 0 Å². The van der Waals surface area contributed by atoms with Crippen molar-refractivity contribution in [3.63, 3.8) is 0 Å². The highest BCUT2D eigenvalue weighted by Gasteiger charge is 2.30. The predicted molar refractivity (Wildman–Crippen MR) is 119 cm³/mol. The molecule has 0 atom stereocenters. The van der Waals surface area contributed by atoms with Gasteiger partial charge in [0.1, 0.15) is 17.8 Å². The minimum atomic E-state index is -4.40. The number of nitrogens with two attached hydrogens (primary N) is 1. The number of nitrogen functional groups attached to an aromatic ring is 1. The number of alkyl halides is 3. The van der Waals surface area contributed by atoms with Crippen LogP contribution in [-0.4, -0.2) is 33.7 Å². The molecule has 11 heteroatoms. The Hall–Kier alpha value is -3.47. The van der Waals surface area contributed by atoms with Crippen LogP contribution in [0.15, 0.2) is 58.8 Å². The fraction of sp³-hybridized carbons (Fsp3) is 0.227. The van der Waals surface area contributed by atoms with Crippen molar-refractivity contribution >= 4 is 28.7 Å². The van der Waals surface area contributed by atoms with E-state index in [0.717, 1.165) is 17.0 Å². The molecule has 33 heavy (non-hydrogen) atoms. The molecule has 0 spiro atoms. The monoisotopic (exact) mass is 475 g/mol. The maximum atomic E-state index is 13.1. The number of fused-ring (bicyclic) bond motifs is 1. The number of halogens is 3. The molecule has 7 nitrogen and oxygen atoms in total. The molecule has 2 aromatic heterocycles. The molecule has 2 heterocycles. The molecule has 0 saturated heterocycles. The van der Waals surface area contributed by atoms with Crippen molar-refractivity contribution in [1.29, 1.82) is 0 Å². The van der Waals surface area contributed by atoms with E-state index in [2.05, 4.69) is 15.0 Å². The quantitative estimate of drug-likeness (QED) is 0.409. The Kier molecular flexibility index (Phi) is 6.32. The van der Waals surface area contributed by atoms with Crippen LogP contribution in [0.2, 0.25) is 0 Å². The third-order valence-corrected chi connectivity index (χ3v) is 6.01. The van der Waals surface area contributed by atoms with Crippen molar-refractivity contribution in [3.8, 4) is 11.5 Å². The van der Waals surface area contributed by atoms with Crippen molar-refractivity contribution in [2.75, 3.05) is 20.0 Å². The number of imidazole rings is 1. The largest absolute Gasteiger partial charge is 0.497 e. The highest BCUT2D eigenvalue weighted by Crippen LogP contribution is 2.38. The normalized spacial score (nSPS) is 11.7. The van der Waals surface area contributed by atoms with E-state index >= 15 is 0 Å². The van der Waals surface area contributed by atoms with E-state index < -0.39 is 11.7 Å². The first-order valence-corrected chi connectivity index (χ1v) is 10.6. The molecule has 0 aliphatic heterocycles. The molecule has 2 aromatic carbocycles. The molecule has 0 radical (unpaired) electrons. The Bertz CT molecular complexity index is 1290. The van der Waals surface area contributed by atoms with Gasteiger partial charge in [0.05, 0.1) is 24.7 Å². The van der Waals surface area contributed by atoms with Crippen LogP contribution in [0.3, 0.4) is 0 Å². The Morgan fingerprint density at radius 1 is 1.06 bits per heavy atom. The lowest BCUT2D eigenvalue weighted by molar-refractivity contribution is -0.137. The number of rotatable bonds is 7. The molecule has 0 bridgehead atoms. The van der Waals surface area contributed by atoms with Crippen molar-refractivity contribution < 1.29 is 22.6 Å². The van der Waals surface area contributed by atoms with Gasteiger partial charge in [0.15, 0.2) is 22.1 Å². The topological polar surface area (TPSA) is 88.1 Å². The van der Waals surface area contributed by atoms with Gasteiger partial charge >= 0.3 is 6.18 Å². The maximum Gasteiger partial charge on any atom is 0.416 e. The molecule has 2 N–H and O–H groups in total. The third kappa shape index (κ3) is 4.82. The predicted octanol–water partition coefficient (Wildman–Crippen LogP) is 4.84. The summed E-state index contributed by atoms with van der Waals surface area (Å²) in [4.78, 5) is 13.7. The molecule has 0 amide bonds. The number of nitrogens with zero attached hydrogens (tertiary/aromatic N) is 4. The number of aromatic nitrogens is 4. The summed E-state index contributed by atoms with van der Waals surface area (Å²) in [7, 11) is 3.13. The number of methoxy groups -OCH3 is 2. The van der Waals surface area contributed by atoms with Gasteiger partial charge in [0.2, 0.25) is 0 Å². The first-order chi connectivity index (χ1) is 15.8. The fourth-order valence-electron chi connectivity index (χ4n) is 3.32. The lowest BCUT2D eigenvalue weighted by Gasteiger charge is -2.12. The van der Waals surface area contributed by atoms with Gasteiger partial charge < -0.3 is 19.8 Å². The number of hydrogen-bond acceptors (Lipinski definition) is 7. The Morgan fingerprint density at radius 2 is 1.88 bits per heavy atom. The third-order valence-electron chi connectivity index (χ3n) is 4.98. The van der Waals surface area contributed by atoms with Crippen molar-refractivity contribution in [2.45, 2.75) is 29.2 Å². The van der Waals surface area contributed by atoms with Gasteiger partial charge in [-0.1, -0.05) is 18.2 Å². The zero-order chi connectivity index (χ0) is 23.6. The van der Waals surface area contributed by atoms with Gasteiger partial charge in [0.25, 0.3) is 0 Å². The summed E-state index contributed by atoms with van der Waals surface area (Å²) in [5.41, 5.74) is 6.79. The van der Waals surface area contributed by atoms with E-state index in [1.165, 1.54) is 24.2 Å². The second-order valence-corrected chi connectivity index (χ2v) is 8.05. The average molecular weight is 475 g/mol. The van der Waals surface area contributed by atoms with Gasteiger partial charge in [-0.15, -0.1) is 0 Å². The van der Waals surface area contributed by atoms with Crippen LogP contribution >= 0.6 is 11.8 Å². The lowest BCUT2D eigenvalue weighted by atomic mass is 10.1. The van der Waals surface area contributed by atoms with Gasteiger partial charge in [-0.05, 0) is 48.0 Å². The summed E-state index contributed by atoms with van der Waals surface area (Å²) < 4.78 is 51.9. The first kappa shape index (κ1) is 22.7. The molecular formula is C22H20F3N5O2S. The Balaban J connectivity index is 1.71. The van der Waals surface area contributed by atoms with Crippen LogP contribution in [0.1, 0.15) is 11.1 Å². The Labute approximate surface area is 191 Å². The van der Waals surface area contributed by atoms with E-state index in [0.29, 0.717) is 46.3 Å². The molecule has 4 aromatic rings. The highest BCUT2D eigenvalue weighted by atomic mass is 32.2. The van der Waals surface area contributed by atoms with Crippen LogP contribution in [0.5, 0.6) is 11.5 Å². The molecule has 0 saturated carbocycles. The number of benzene rings is 2. The van der Waals surface area contributed by atoms with Crippen LogP contribution < -0.4 is 15.2 Å². The highest BCUT2D eigenvalue weighted by molar-refractivity contribution is 7.99. The van der Waals surface area contributed by atoms with Gasteiger partial charge in [-0.3, -0.25) is 0 Å². The summed E-state index contributed by atoms with van der Waals surface area (Å²) in [5.74, 6) is 1.48. The zero-order valence-corrected chi connectivity index (χ0v) is 18.6. The van der Waals surface area contributed by atoms with Crippen LogP contribution in [-0.2, 0) is 19.1 Å². The summed E-state index contributed by atoms with van der Waals surface area (Å²) in [6.07, 6.45) is -2.73. The fourth-order valence-corrected chi connectivity index (χ4v) is 4.37. The molecule has 0 aliphatic carbocycles. The van der Waals surface area contributed by atoms with Gasteiger partial charge in [0, 0.05) is 6.54 Å². The SMILES string of the molecule is COc1ccc(OC)c(Sc2nc3c(N)ncnc3n2CCc2cccc(C(F)(F)F)c2)c1. The van der Waals surface area contributed by atoms with Crippen LogP contribution in [0.25, 0.3) is 11.2 Å². The minimum Gasteiger partial charge on any atom is -0.497 e. The van der Waals surface area contributed by atoms with Gasteiger partial charge in [-0.2, -0.15) is 13.2 Å². The molecule has 172 valence electrons. The van der Waals surface area contributed by atoms with E-state index in [1.807, 2.05) is 10.6 Å². The summed E-state index contributed by atoms with van der Waals surface area (Å²) in [5, 5.41) is 0.552. The summed E-state index contributed by atoms with van der Waals surface area (Å²) in [6, 6.07) is 10.7. The van der Waals surface area contributed by atoms with E-state index in [-0.39, 0.29) is 5.82 Å². The van der Waals surface area contributed by atoms with Crippen molar-refractivity contribution in [1.82, 2.24) is 19.5 Å². The second kappa shape index (κ2) is 9.18. The Morgan fingerprint density at radius 3 is 2.61 bits per heavy atom. The summed E-state index contributed by atoms with van der Waals surface area (Å²) in [6.45, 7) is 0.336. The smallest absolute Gasteiger partial charge is 0.416 e. The number of anilines is 1. The van der Waals surface area contributed by atoms with Crippen LogP contribution in [0.4, 0.5) is 19.0 Å². The molecule has 4 rings (SSSR count). The number of aryl methyl sites for hydroxylation is 2. The standard InChI is InChI=1S/C22H20F3N5O2S/c1-31-15-6-7-16(32-2)17(11-15)33-21-29-18-19(26)27-12-28-20(18)30(21)9-8-13-4-3-5-14(10-13)22(23,24)25/h3-7,10-12H,8-9H2,1-2H3,(H2,26,27,28). The average Bonchev–Trinajstić information content (AvgIpc) is 3.15. The van der Waals surface area contributed by atoms with E-state index in [4.69, 9.17) is 15.2 Å². The van der Waals surface area contributed by atoms with Crippen molar-refractivity contribution in [3.05, 3.63) is 59.9 Å². The second-order valence-electron chi connectivity index (χ2n) is 7.04. The zero-order valence-electron chi connectivity index (χ0n) is 17.8. The summed E-state index contributed by atoms with van der Waals surface area (Å²) >= 11 is 1.32. The van der Waals surface area contributed by atoms with Gasteiger partial charge in [-0.25, -0.2) is 15.0 Å². The van der Waals surface area contributed by atoms with E-state index in [9.17, 15) is 13.2 Å². The van der Waals surface area contributed by atoms with E-state index in [1.54, 1.807) is 32.4 Å². The molecular weight excluding hydrogens is 455 g/mol. The molecule has 0 fully saturated rings. The molecule has 0 unspecified atom stereocenters. The maximum absolute atomic E-state index is 13.1. The number of ether oxygens (including phenoxy) is 2. The number of hydrogen-bond donors (Lipinski definition) is 1.